The molecule has 2 N–H and O–H groups in total. The quantitative estimate of drug-likeness (QED) is 0.903. The Morgan fingerprint density at radius 2 is 2.33 bits per heavy atom. The maximum atomic E-state index is 6.13. The molecular formula is C14H16ClN3. The molecule has 1 aliphatic carbocycles. The van der Waals surface area contributed by atoms with E-state index in [1.807, 2.05) is 6.07 Å². The van der Waals surface area contributed by atoms with Crippen LogP contribution >= 0.6 is 11.6 Å². The van der Waals surface area contributed by atoms with Crippen molar-refractivity contribution in [3.63, 3.8) is 0 Å². The van der Waals surface area contributed by atoms with Crippen LogP contribution in [-0.4, -0.2) is 9.55 Å². The Bertz CT molecular complexity index is 562. The molecule has 3 rings (SSSR count). The molecule has 0 fully saturated rings. The number of pyridine rings is 1. The van der Waals surface area contributed by atoms with Gasteiger partial charge in [0.25, 0.3) is 0 Å². The van der Waals surface area contributed by atoms with Crippen molar-refractivity contribution >= 4 is 11.6 Å². The fourth-order valence-corrected chi connectivity index (χ4v) is 2.78. The van der Waals surface area contributed by atoms with Crippen molar-refractivity contribution in [3.05, 3.63) is 52.6 Å². The number of hydrogen-bond acceptors (Lipinski definition) is 2. The zero-order valence-corrected chi connectivity index (χ0v) is 10.9. The lowest BCUT2D eigenvalue weighted by molar-refractivity contribution is 0.573. The first kappa shape index (κ1) is 11.8. The van der Waals surface area contributed by atoms with Gasteiger partial charge >= 0.3 is 0 Å². The molecule has 0 saturated heterocycles. The number of hydrogen-bond donors (Lipinski definition) is 1. The van der Waals surface area contributed by atoms with Crippen molar-refractivity contribution in [1.82, 2.24) is 9.55 Å². The molecule has 2 aromatic heterocycles. The Kier molecular flexibility index (Phi) is 3.10. The van der Waals surface area contributed by atoms with E-state index in [4.69, 9.17) is 17.3 Å². The minimum absolute atomic E-state index is 0.197. The van der Waals surface area contributed by atoms with Crippen LogP contribution in [0.5, 0.6) is 0 Å². The van der Waals surface area contributed by atoms with Crippen LogP contribution in [0.1, 0.15) is 35.6 Å². The van der Waals surface area contributed by atoms with Gasteiger partial charge < -0.3 is 10.3 Å². The van der Waals surface area contributed by atoms with Crippen LogP contribution in [0, 0.1) is 0 Å². The van der Waals surface area contributed by atoms with E-state index in [1.165, 1.54) is 17.5 Å². The summed E-state index contributed by atoms with van der Waals surface area (Å²) < 4.78 is 2.18. The van der Waals surface area contributed by atoms with E-state index in [1.54, 1.807) is 12.4 Å². The Morgan fingerprint density at radius 1 is 1.44 bits per heavy atom. The van der Waals surface area contributed by atoms with E-state index >= 15 is 0 Å². The number of aromatic nitrogens is 2. The molecule has 94 valence electrons. The Balaban J connectivity index is 1.88. The highest BCUT2D eigenvalue weighted by Gasteiger charge is 2.18. The molecular weight excluding hydrogens is 246 g/mol. The van der Waals surface area contributed by atoms with Crippen LogP contribution in [0.25, 0.3) is 0 Å². The Hall–Kier alpha value is -1.32. The van der Waals surface area contributed by atoms with Gasteiger partial charge in [-0.3, -0.25) is 4.98 Å². The van der Waals surface area contributed by atoms with Gasteiger partial charge in [0.2, 0.25) is 0 Å². The molecule has 18 heavy (non-hydrogen) atoms. The van der Waals surface area contributed by atoms with Gasteiger partial charge in [0.15, 0.2) is 0 Å². The van der Waals surface area contributed by atoms with E-state index < -0.39 is 0 Å². The van der Waals surface area contributed by atoms with Crippen molar-refractivity contribution in [2.75, 3.05) is 0 Å². The van der Waals surface area contributed by atoms with E-state index in [0.717, 1.165) is 24.9 Å². The van der Waals surface area contributed by atoms with Crippen molar-refractivity contribution < 1.29 is 0 Å². The second kappa shape index (κ2) is 4.75. The topological polar surface area (TPSA) is 43.8 Å². The first-order valence-corrected chi connectivity index (χ1v) is 6.64. The van der Waals surface area contributed by atoms with Gasteiger partial charge in [0.05, 0.1) is 5.02 Å². The molecule has 0 spiro atoms. The van der Waals surface area contributed by atoms with Crippen LogP contribution < -0.4 is 5.73 Å². The lowest BCUT2D eigenvalue weighted by Gasteiger charge is -2.17. The van der Waals surface area contributed by atoms with Gasteiger partial charge in [-0.25, -0.2) is 0 Å². The molecule has 0 bridgehead atoms. The molecule has 0 radical (unpaired) electrons. The molecule has 0 saturated carbocycles. The van der Waals surface area contributed by atoms with E-state index in [9.17, 15) is 0 Å². The summed E-state index contributed by atoms with van der Waals surface area (Å²) in [6.07, 6.45) is 11.2. The number of nitrogens with zero attached hydrogens (tertiary/aromatic N) is 2. The third-order valence-electron chi connectivity index (χ3n) is 3.57. The van der Waals surface area contributed by atoms with Crippen LogP contribution in [0.4, 0.5) is 0 Å². The predicted molar refractivity (Wildman–Crippen MR) is 72.6 cm³/mol. The summed E-state index contributed by atoms with van der Waals surface area (Å²) in [6, 6.07) is 2.16. The van der Waals surface area contributed by atoms with Crippen molar-refractivity contribution in [2.45, 2.75) is 31.8 Å². The molecule has 0 amide bonds. The standard InChI is InChI=1S/C14H16ClN3/c15-13-6-17-5-4-11(13)8-18-7-10-2-1-3-14(16)12(10)9-18/h4-7,9,14H,1-3,8,16H2. The minimum atomic E-state index is 0.197. The molecule has 1 unspecified atom stereocenters. The molecule has 4 heteroatoms. The number of rotatable bonds is 2. The van der Waals surface area contributed by atoms with E-state index in [-0.39, 0.29) is 6.04 Å². The summed E-state index contributed by atoms with van der Waals surface area (Å²) in [5.74, 6) is 0. The summed E-state index contributed by atoms with van der Waals surface area (Å²) in [5, 5.41) is 0.716. The summed E-state index contributed by atoms with van der Waals surface area (Å²) in [6.45, 7) is 0.779. The van der Waals surface area contributed by atoms with Crippen molar-refractivity contribution in [1.29, 1.82) is 0 Å². The third kappa shape index (κ3) is 2.16. The summed E-state index contributed by atoms with van der Waals surface area (Å²) in [7, 11) is 0. The zero-order valence-electron chi connectivity index (χ0n) is 10.1. The lowest BCUT2D eigenvalue weighted by Crippen LogP contribution is -2.15. The van der Waals surface area contributed by atoms with E-state index in [2.05, 4.69) is 21.9 Å². The number of nitrogens with two attached hydrogens (primary N) is 1. The van der Waals surface area contributed by atoms with Crippen LogP contribution in [0.2, 0.25) is 5.02 Å². The van der Waals surface area contributed by atoms with Crippen LogP contribution in [0.3, 0.4) is 0 Å². The molecule has 0 aromatic carbocycles. The second-order valence-electron chi connectivity index (χ2n) is 4.88. The average molecular weight is 262 g/mol. The molecule has 2 heterocycles. The summed E-state index contributed by atoms with van der Waals surface area (Å²) >= 11 is 6.13. The summed E-state index contributed by atoms with van der Waals surface area (Å²) in [5.41, 5.74) is 9.91. The van der Waals surface area contributed by atoms with Gasteiger partial charge in [-0.2, -0.15) is 0 Å². The average Bonchev–Trinajstić information content (AvgIpc) is 2.76. The van der Waals surface area contributed by atoms with Gasteiger partial charge in [-0.05, 0) is 42.0 Å². The van der Waals surface area contributed by atoms with Gasteiger partial charge in [0, 0.05) is 37.4 Å². The second-order valence-corrected chi connectivity index (χ2v) is 5.28. The SMILES string of the molecule is NC1CCCc2cn(Cc3ccncc3Cl)cc21. The van der Waals surface area contributed by atoms with Crippen molar-refractivity contribution in [3.8, 4) is 0 Å². The minimum Gasteiger partial charge on any atom is -0.349 e. The van der Waals surface area contributed by atoms with Crippen LogP contribution in [0.15, 0.2) is 30.9 Å². The molecule has 1 atom stereocenters. The fourth-order valence-electron chi connectivity index (χ4n) is 2.60. The molecule has 3 nitrogen and oxygen atoms in total. The van der Waals surface area contributed by atoms with Crippen molar-refractivity contribution in [2.24, 2.45) is 5.73 Å². The first-order valence-electron chi connectivity index (χ1n) is 6.26. The third-order valence-corrected chi connectivity index (χ3v) is 3.91. The van der Waals surface area contributed by atoms with E-state index in [0.29, 0.717) is 5.02 Å². The predicted octanol–water partition coefficient (Wildman–Crippen LogP) is 2.92. The van der Waals surface area contributed by atoms with Gasteiger partial charge in [-0.15, -0.1) is 0 Å². The highest BCUT2D eigenvalue weighted by atomic mass is 35.5. The lowest BCUT2D eigenvalue weighted by atomic mass is 9.92. The Labute approximate surface area is 112 Å². The normalized spacial score (nSPS) is 18.7. The highest BCUT2D eigenvalue weighted by Crippen LogP contribution is 2.29. The monoisotopic (exact) mass is 261 g/mol. The summed E-state index contributed by atoms with van der Waals surface area (Å²) in [4.78, 5) is 4.00. The Morgan fingerprint density at radius 3 is 3.11 bits per heavy atom. The number of halogens is 1. The van der Waals surface area contributed by atoms with Crippen LogP contribution in [-0.2, 0) is 13.0 Å². The largest absolute Gasteiger partial charge is 0.349 e. The smallest absolute Gasteiger partial charge is 0.0639 e. The maximum absolute atomic E-state index is 6.13. The first-order chi connectivity index (χ1) is 8.74. The molecule has 1 aliphatic rings. The zero-order chi connectivity index (χ0) is 12.5. The highest BCUT2D eigenvalue weighted by molar-refractivity contribution is 6.31. The molecule has 0 aliphatic heterocycles. The van der Waals surface area contributed by atoms with Gasteiger partial charge in [0.1, 0.15) is 0 Å². The molecule has 2 aromatic rings. The van der Waals surface area contributed by atoms with Gasteiger partial charge in [-0.1, -0.05) is 11.6 Å². The number of fused-ring (bicyclic) bond motifs is 1. The fraction of sp³-hybridized carbons (Fsp3) is 0.357. The number of aryl methyl sites for hydroxylation is 1. The maximum Gasteiger partial charge on any atom is 0.0639 e.